The highest BCUT2D eigenvalue weighted by Crippen LogP contribution is 2.43. The van der Waals surface area contributed by atoms with Gasteiger partial charge >= 0.3 is 0 Å². The van der Waals surface area contributed by atoms with E-state index in [0.717, 1.165) is 17.6 Å². The zero-order valence-corrected chi connectivity index (χ0v) is 9.36. The molecule has 1 nitrogen and oxygen atoms in total. The predicted octanol–water partition coefficient (Wildman–Crippen LogP) is 3.78. The van der Waals surface area contributed by atoms with Crippen LogP contribution in [-0.4, -0.2) is 6.10 Å². The first kappa shape index (κ1) is 10.1. The highest BCUT2D eigenvalue weighted by Gasteiger charge is 2.34. The summed E-state index contributed by atoms with van der Waals surface area (Å²) in [6, 6.07) is 6.39. The molecule has 1 aromatic rings. The van der Waals surface area contributed by atoms with Gasteiger partial charge in [0.1, 0.15) is 11.6 Å². The van der Waals surface area contributed by atoms with E-state index in [1.165, 1.54) is 44.2 Å². The Bertz CT molecular complexity index is 348. The molecule has 3 rings (SSSR count). The molecule has 0 aliphatic heterocycles. The Balaban J connectivity index is 1.64. The van der Waals surface area contributed by atoms with Crippen LogP contribution in [0.15, 0.2) is 24.3 Å². The number of hydrogen-bond donors (Lipinski definition) is 0. The smallest absolute Gasteiger partial charge is 0.123 e. The second-order valence-electron chi connectivity index (χ2n) is 5.21. The summed E-state index contributed by atoms with van der Waals surface area (Å²) in [5, 5.41) is 0. The summed E-state index contributed by atoms with van der Waals surface area (Å²) in [5.41, 5.74) is 0. The first-order valence-electron chi connectivity index (χ1n) is 6.22. The fourth-order valence-corrected chi connectivity index (χ4v) is 3.25. The second kappa shape index (κ2) is 4.08. The van der Waals surface area contributed by atoms with Crippen LogP contribution < -0.4 is 4.74 Å². The molecule has 2 aliphatic carbocycles. The zero-order chi connectivity index (χ0) is 11.0. The molecule has 0 saturated heterocycles. The lowest BCUT2D eigenvalue weighted by Gasteiger charge is -2.28. The van der Waals surface area contributed by atoms with E-state index < -0.39 is 0 Å². The number of benzene rings is 1. The highest BCUT2D eigenvalue weighted by atomic mass is 19.1. The number of fused-ring (bicyclic) bond motifs is 2. The van der Waals surface area contributed by atoms with Crippen LogP contribution in [0, 0.1) is 17.7 Å². The molecule has 2 saturated carbocycles. The molecule has 0 radical (unpaired) electrons. The van der Waals surface area contributed by atoms with Crippen molar-refractivity contribution in [2.75, 3.05) is 0 Å². The van der Waals surface area contributed by atoms with Gasteiger partial charge in [-0.05, 0) is 55.4 Å². The van der Waals surface area contributed by atoms with E-state index in [1.807, 2.05) is 0 Å². The lowest BCUT2D eigenvalue weighted by molar-refractivity contribution is 0.119. The largest absolute Gasteiger partial charge is 0.490 e. The quantitative estimate of drug-likeness (QED) is 0.737. The van der Waals surface area contributed by atoms with Crippen LogP contribution in [-0.2, 0) is 0 Å². The molecule has 0 amide bonds. The monoisotopic (exact) mass is 220 g/mol. The van der Waals surface area contributed by atoms with E-state index in [2.05, 4.69) is 0 Å². The van der Waals surface area contributed by atoms with E-state index in [1.54, 1.807) is 12.1 Å². The maximum Gasteiger partial charge on any atom is 0.123 e. The minimum absolute atomic E-state index is 0.198. The van der Waals surface area contributed by atoms with Crippen molar-refractivity contribution in [3.63, 3.8) is 0 Å². The maximum absolute atomic E-state index is 12.7. The SMILES string of the molecule is Fc1ccc(OC2CC3CCC(C3)C2)cc1. The Kier molecular flexibility index (Phi) is 2.58. The zero-order valence-electron chi connectivity index (χ0n) is 9.36. The summed E-state index contributed by atoms with van der Waals surface area (Å²) in [7, 11) is 0. The first-order chi connectivity index (χ1) is 7.79. The van der Waals surface area contributed by atoms with E-state index in [-0.39, 0.29) is 5.82 Å². The third-order valence-corrected chi connectivity index (χ3v) is 3.96. The molecule has 2 unspecified atom stereocenters. The highest BCUT2D eigenvalue weighted by molar-refractivity contribution is 5.22. The van der Waals surface area contributed by atoms with Crippen molar-refractivity contribution in [1.82, 2.24) is 0 Å². The summed E-state index contributed by atoms with van der Waals surface area (Å²) in [6.07, 6.45) is 6.91. The van der Waals surface area contributed by atoms with Crippen LogP contribution in [0.2, 0.25) is 0 Å². The van der Waals surface area contributed by atoms with Crippen molar-refractivity contribution >= 4 is 0 Å². The van der Waals surface area contributed by atoms with E-state index in [0.29, 0.717) is 6.10 Å². The molecule has 2 fully saturated rings. The summed E-state index contributed by atoms with van der Waals surface area (Å²) in [6.45, 7) is 0. The van der Waals surface area contributed by atoms with E-state index in [4.69, 9.17) is 4.74 Å². The van der Waals surface area contributed by atoms with Crippen LogP contribution in [0.5, 0.6) is 5.75 Å². The average molecular weight is 220 g/mol. The molecule has 2 aliphatic rings. The molecule has 0 spiro atoms. The number of halogens is 1. The van der Waals surface area contributed by atoms with Crippen LogP contribution in [0.25, 0.3) is 0 Å². The van der Waals surface area contributed by atoms with Crippen LogP contribution in [0.4, 0.5) is 4.39 Å². The van der Waals surface area contributed by atoms with Gasteiger partial charge in [-0.3, -0.25) is 0 Å². The molecule has 0 aromatic heterocycles. The van der Waals surface area contributed by atoms with Gasteiger partial charge in [-0.25, -0.2) is 4.39 Å². The Labute approximate surface area is 95.6 Å². The average Bonchev–Trinajstić information content (AvgIpc) is 2.62. The number of ether oxygens (including phenoxy) is 1. The summed E-state index contributed by atoms with van der Waals surface area (Å²) in [4.78, 5) is 0. The first-order valence-corrected chi connectivity index (χ1v) is 6.22. The minimum Gasteiger partial charge on any atom is -0.490 e. The van der Waals surface area contributed by atoms with Crippen molar-refractivity contribution in [3.8, 4) is 5.75 Å². The van der Waals surface area contributed by atoms with Gasteiger partial charge in [0.2, 0.25) is 0 Å². The molecule has 86 valence electrons. The molecule has 0 N–H and O–H groups in total. The fourth-order valence-electron chi connectivity index (χ4n) is 3.25. The van der Waals surface area contributed by atoms with Gasteiger partial charge in [-0.2, -0.15) is 0 Å². The Morgan fingerprint density at radius 1 is 0.938 bits per heavy atom. The molecule has 0 heterocycles. The van der Waals surface area contributed by atoms with Gasteiger partial charge < -0.3 is 4.74 Å². The van der Waals surface area contributed by atoms with Crippen LogP contribution >= 0.6 is 0 Å². The minimum atomic E-state index is -0.198. The second-order valence-corrected chi connectivity index (χ2v) is 5.21. The number of hydrogen-bond acceptors (Lipinski definition) is 1. The predicted molar refractivity (Wildman–Crippen MR) is 60.9 cm³/mol. The molecule has 2 heteroatoms. The van der Waals surface area contributed by atoms with Crippen LogP contribution in [0.1, 0.15) is 32.1 Å². The van der Waals surface area contributed by atoms with Gasteiger partial charge in [0.15, 0.2) is 0 Å². The summed E-state index contributed by atoms with van der Waals surface area (Å²) >= 11 is 0. The maximum atomic E-state index is 12.7. The summed E-state index contributed by atoms with van der Waals surface area (Å²) < 4.78 is 18.7. The number of rotatable bonds is 2. The van der Waals surface area contributed by atoms with E-state index in [9.17, 15) is 4.39 Å². The summed E-state index contributed by atoms with van der Waals surface area (Å²) in [5.74, 6) is 2.37. The lowest BCUT2D eigenvalue weighted by atomic mass is 9.87. The van der Waals surface area contributed by atoms with Gasteiger partial charge in [-0.15, -0.1) is 0 Å². The molecular weight excluding hydrogens is 203 g/mol. The molecule has 2 bridgehead atoms. The standard InChI is InChI=1S/C14H17FO/c15-12-3-5-13(6-4-12)16-14-8-10-1-2-11(7-10)9-14/h3-6,10-11,14H,1-2,7-9H2. The third-order valence-electron chi connectivity index (χ3n) is 3.96. The Hall–Kier alpha value is -1.05. The molecule has 16 heavy (non-hydrogen) atoms. The van der Waals surface area contributed by atoms with Gasteiger partial charge in [-0.1, -0.05) is 12.8 Å². The van der Waals surface area contributed by atoms with Crippen LogP contribution in [0.3, 0.4) is 0 Å². The van der Waals surface area contributed by atoms with Gasteiger partial charge in [0.25, 0.3) is 0 Å². The Morgan fingerprint density at radius 3 is 2.19 bits per heavy atom. The molecular formula is C14H17FO. The topological polar surface area (TPSA) is 9.23 Å². The van der Waals surface area contributed by atoms with Crippen molar-refractivity contribution in [2.24, 2.45) is 11.8 Å². The molecule has 1 aromatic carbocycles. The Morgan fingerprint density at radius 2 is 1.56 bits per heavy atom. The van der Waals surface area contributed by atoms with Crippen molar-refractivity contribution in [2.45, 2.75) is 38.2 Å². The lowest BCUT2D eigenvalue weighted by Crippen LogP contribution is -2.25. The van der Waals surface area contributed by atoms with E-state index >= 15 is 0 Å². The van der Waals surface area contributed by atoms with Crippen molar-refractivity contribution in [3.05, 3.63) is 30.1 Å². The van der Waals surface area contributed by atoms with Gasteiger partial charge in [0, 0.05) is 0 Å². The van der Waals surface area contributed by atoms with Crippen molar-refractivity contribution in [1.29, 1.82) is 0 Å². The third kappa shape index (κ3) is 2.06. The fraction of sp³-hybridized carbons (Fsp3) is 0.571. The normalized spacial score (nSPS) is 32.7. The van der Waals surface area contributed by atoms with Crippen molar-refractivity contribution < 1.29 is 9.13 Å². The van der Waals surface area contributed by atoms with Gasteiger partial charge in [0.05, 0.1) is 6.10 Å². The molecule has 2 atom stereocenters.